The van der Waals surface area contributed by atoms with Gasteiger partial charge in [-0.2, -0.15) is 5.10 Å². The lowest BCUT2D eigenvalue weighted by atomic mass is 10.1. The Kier molecular flexibility index (Phi) is 3.97. The van der Waals surface area contributed by atoms with Crippen molar-refractivity contribution in [2.24, 2.45) is 0 Å². The quantitative estimate of drug-likeness (QED) is 0.723. The Morgan fingerprint density at radius 2 is 1.79 bits per heavy atom. The predicted molar refractivity (Wildman–Crippen MR) is 74.7 cm³/mol. The first kappa shape index (κ1) is 12.9. The summed E-state index contributed by atoms with van der Waals surface area (Å²) in [4.78, 5) is 19.8. The van der Waals surface area contributed by atoms with Crippen molar-refractivity contribution in [2.45, 2.75) is 13.8 Å². The first-order valence-electron chi connectivity index (χ1n) is 6.11. The van der Waals surface area contributed by atoms with Crippen LogP contribution in [0.25, 0.3) is 22.3 Å². The molecule has 96 valence electrons. The van der Waals surface area contributed by atoms with Crippen LogP contribution >= 0.6 is 0 Å². The second-order valence-electron chi connectivity index (χ2n) is 3.52. The molecule has 0 radical (unpaired) electrons. The molecule has 0 unspecified atom stereocenters. The van der Waals surface area contributed by atoms with Gasteiger partial charge in [-0.05, 0) is 24.3 Å². The van der Waals surface area contributed by atoms with Gasteiger partial charge in [0.05, 0.1) is 5.69 Å². The maximum atomic E-state index is 11.6. The molecule has 0 saturated heterocycles. The Hall–Kier alpha value is -2.56. The molecule has 0 aliphatic rings. The second-order valence-corrected chi connectivity index (χ2v) is 3.52. The van der Waals surface area contributed by atoms with Crippen molar-refractivity contribution in [3.8, 4) is 11.4 Å². The van der Waals surface area contributed by atoms with Crippen molar-refractivity contribution in [3.63, 3.8) is 0 Å². The summed E-state index contributed by atoms with van der Waals surface area (Å²) >= 11 is 0. The van der Waals surface area contributed by atoms with Gasteiger partial charge in [0.1, 0.15) is 11.2 Å². The largest absolute Gasteiger partial charge is 0.290 e. The SMILES string of the molecule is CC.O=c1[nH]nc(-c2ccccn2)c2cccnc12. The Balaban J connectivity index is 0.000000637. The third-order valence-corrected chi connectivity index (χ3v) is 2.45. The smallest absolute Gasteiger partial charge is 0.266 e. The van der Waals surface area contributed by atoms with Gasteiger partial charge in [-0.3, -0.25) is 14.8 Å². The van der Waals surface area contributed by atoms with Gasteiger partial charge in [-0.15, -0.1) is 0 Å². The molecule has 0 aliphatic heterocycles. The minimum absolute atomic E-state index is 0.291. The van der Waals surface area contributed by atoms with E-state index >= 15 is 0 Å². The minimum Gasteiger partial charge on any atom is -0.266 e. The molecule has 19 heavy (non-hydrogen) atoms. The van der Waals surface area contributed by atoms with Crippen LogP contribution in [0.15, 0.2) is 47.5 Å². The zero-order valence-corrected chi connectivity index (χ0v) is 10.8. The number of nitrogens with one attached hydrogen (secondary N) is 1. The molecule has 0 fully saturated rings. The van der Waals surface area contributed by atoms with Crippen LogP contribution in [-0.2, 0) is 0 Å². The zero-order valence-electron chi connectivity index (χ0n) is 10.8. The summed E-state index contributed by atoms with van der Waals surface area (Å²) in [6.45, 7) is 4.00. The average molecular weight is 254 g/mol. The van der Waals surface area contributed by atoms with Gasteiger partial charge in [-0.1, -0.05) is 19.9 Å². The molecule has 5 nitrogen and oxygen atoms in total. The van der Waals surface area contributed by atoms with Crippen LogP contribution < -0.4 is 5.56 Å². The molecule has 0 amide bonds. The predicted octanol–water partition coefficient (Wildman–Crippen LogP) is 2.41. The lowest BCUT2D eigenvalue weighted by Gasteiger charge is -2.02. The molecular formula is C14H14N4O. The number of pyridine rings is 2. The van der Waals surface area contributed by atoms with E-state index in [1.807, 2.05) is 38.1 Å². The third kappa shape index (κ3) is 2.49. The lowest BCUT2D eigenvalue weighted by Crippen LogP contribution is -2.11. The van der Waals surface area contributed by atoms with Crippen LogP contribution in [0.3, 0.4) is 0 Å². The van der Waals surface area contributed by atoms with E-state index in [1.165, 1.54) is 0 Å². The summed E-state index contributed by atoms with van der Waals surface area (Å²) in [6, 6.07) is 9.13. The second kappa shape index (κ2) is 5.86. The fourth-order valence-electron chi connectivity index (χ4n) is 1.70. The molecule has 3 rings (SSSR count). The maximum Gasteiger partial charge on any atom is 0.290 e. The van der Waals surface area contributed by atoms with Crippen LogP contribution in [0.1, 0.15) is 13.8 Å². The molecule has 0 bridgehead atoms. The van der Waals surface area contributed by atoms with Gasteiger partial charge in [0.25, 0.3) is 5.56 Å². The first-order valence-corrected chi connectivity index (χ1v) is 6.11. The third-order valence-electron chi connectivity index (χ3n) is 2.45. The van der Waals surface area contributed by atoms with Crippen LogP contribution in [-0.4, -0.2) is 20.2 Å². The summed E-state index contributed by atoms with van der Waals surface area (Å²) in [5, 5.41) is 7.17. The highest BCUT2D eigenvalue weighted by Crippen LogP contribution is 2.20. The van der Waals surface area contributed by atoms with E-state index in [2.05, 4.69) is 20.2 Å². The van der Waals surface area contributed by atoms with Gasteiger partial charge in [0, 0.05) is 17.8 Å². The van der Waals surface area contributed by atoms with E-state index in [0.29, 0.717) is 22.3 Å². The van der Waals surface area contributed by atoms with Crippen molar-refractivity contribution in [1.82, 2.24) is 20.2 Å². The van der Waals surface area contributed by atoms with Crippen molar-refractivity contribution in [3.05, 3.63) is 53.1 Å². The molecule has 3 aromatic rings. The molecule has 3 heterocycles. The Morgan fingerprint density at radius 1 is 1.00 bits per heavy atom. The highest BCUT2D eigenvalue weighted by molar-refractivity contribution is 5.90. The number of aromatic nitrogens is 4. The summed E-state index contributed by atoms with van der Waals surface area (Å²) < 4.78 is 0. The van der Waals surface area contributed by atoms with Crippen molar-refractivity contribution >= 4 is 10.9 Å². The topological polar surface area (TPSA) is 71.5 Å². The molecule has 0 aliphatic carbocycles. The van der Waals surface area contributed by atoms with Crippen LogP contribution in [0.2, 0.25) is 0 Å². The average Bonchev–Trinajstić information content (AvgIpc) is 2.51. The van der Waals surface area contributed by atoms with Gasteiger partial charge in [0.2, 0.25) is 0 Å². The van der Waals surface area contributed by atoms with Crippen LogP contribution in [0, 0.1) is 0 Å². The van der Waals surface area contributed by atoms with Crippen molar-refractivity contribution in [1.29, 1.82) is 0 Å². The number of fused-ring (bicyclic) bond motifs is 1. The van der Waals surface area contributed by atoms with Gasteiger partial charge in [0.15, 0.2) is 0 Å². The van der Waals surface area contributed by atoms with E-state index in [0.717, 1.165) is 0 Å². The van der Waals surface area contributed by atoms with Gasteiger partial charge in [-0.25, -0.2) is 5.10 Å². The Bertz CT molecular complexity index is 722. The number of nitrogens with zero attached hydrogens (tertiary/aromatic N) is 3. The number of rotatable bonds is 1. The standard InChI is InChI=1S/C12H8N4O.C2H6/c17-12-11-8(4-3-7-14-11)10(15-16-12)9-5-1-2-6-13-9;1-2/h1-7H,(H,16,17);1-2H3. The number of aromatic amines is 1. The van der Waals surface area contributed by atoms with Crippen LogP contribution in [0.5, 0.6) is 0 Å². The normalized spacial score (nSPS) is 9.79. The molecule has 0 atom stereocenters. The lowest BCUT2D eigenvalue weighted by molar-refractivity contribution is 1.00. The summed E-state index contributed by atoms with van der Waals surface area (Å²) in [6.07, 6.45) is 3.27. The number of hydrogen-bond acceptors (Lipinski definition) is 4. The fourth-order valence-corrected chi connectivity index (χ4v) is 1.70. The number of H-pyrrole nitrogens is 1. The summed E-state index contributed by atoms with van der Waals surface area (Å²) in [7, 11) is 0. The molecule has 0 spiro atoms. The molecule has 0 saturated carbocycles. The monoisotopic (exact) mass is 254 g/mol. The molecule has 0 aromatic carbocycles. The van der Waals surface area contributed by atoms with E-state index in [1.54, 1.807) is 18.5 Å². The molecular weight excluding hydrogens is 240 g/mol. The van der Waals surface area contributed by atoms with Gasteiger partial charge >= 0.3 is 0 Å². The minimum atomic E-state index is -0.291. The first-order chi connectivity index (χ1) is 9.36. The highest BCUT2D eigenvalue weighted by atomic mass is 16.1. The van der Waals surface area contributed by atoms with E-state index in [9.17, 15) is 4.79 Å². The van der Waals surface area contributed by atoms with Crippen LogP contribution in [0.4, 0.5) is 0 Å². The Labute approximate surface area is 110 Å². The zero-order chi connectivity index (χ0) is 13.7. The van der Waals surface area contributed by atoms with Crippen molar-refractivity contribution < 1.29 is 0 Å². The van der Waals surface area contributed by atoms with Gasteiger partial charge < -0.3 is 0 Å². The maximum absolute atomic E-state index is 11.6. The molecule has 3 aromatic heterocycles. The Morgan fingerprint density at radius 3 is 2.53 bits per heavy atom. The highest BCUT2D eigenvalue weighted by Gasteiger charge is 2.09. The van der Waals surface area contributed by atoms with Crippen molar-refractivity contribution in [2.75, 3.05) is 0 Å². The molecule has 5 heteroatoms. The summed E-state index contributed by atoms with van der Waals surface area (Å²) in [5.74, 6) is 0. The molecule has 1 N–H and O–H groups in total. The van der Waals surface area contributed by atoms with E-state index in [4.69, 9.17) is 0 Å². The summed E-state index contributed by atoms with van der Waals surface area (Å²) in [5.41, 5.74) is 1.43. The van der Waals surface area contributed by atoms with E-state index in [-0.39, 0.29) is 5.56 Å². The fraction of sp³-hybridized carbons (Fsp3) is 0.143. The number of hydrogen-bond donors (Lipinski definition) is 1. The van der Waals surface area contributed by atoms with E-state index < -0.39 is 0 Å².